The molecule has 5 N–H and O–H groups in total. The summed E-state index contributed by atoms with van der Waals surface area (Å²) in [5.74, 6) is -1.96. The number of halogens is 1. The summed E-state index contributed by atoms with van der Waals surface area (Å²) in [6.45, 7) is 2.08. The molecule has 0 bridgehead atoms. The summed E-state index contributed by atoms with van der Waals surface area (Å²) in [4.78, 5) is 36.5. The highest BCUT2D eigenvalue weighted by atomic mass is 19.1. The van der Waals surface area contributed by atoms with Gasteiger partial charge in [0.25, 0.3) is 5.91 Å². The summed E-state index contributed by atoms with van der Waals surface area (Å²) >= 11 is 0. The molecule has 0 aliphatic rings. The number of aromatic nitrogens is 3. The van der Waals surface area contributed by atoms with Gasteiger partial charge in [0.15, 0.2) is 11.5 Å². The monoisotopic (exact) mass is 511 g/mol. The standard InChI is InChI=1S/C27H22FN7O3/c1-15(18-6-8-20(28)9-7-18)34-26(36)21-10-17(11-29)13-33-25(21)32-12-16-2-4-19(5-3-16)22-14-31-24(30)23(35-22)27(37)38/h2-10,13-15H,12H2,1H3,(H2,30,31)(H,32,33)(H,34,36)(H,37,38). The van der Waals surface area contributed by atoms with Gasteiger partial charge in [-0.15, -0.1) is 0 Å². The molecule has 10 nitrogen and oxygen atoms in total. The first kappa shape index (κ1) is 25.7. The van der Waals surface area contributed by atoms with Crippen molar-refractivity contribution in [2.45, 2.75) is 19.5 Å². The molecule has 0 spiro atoms. The Kier molecular flexibility index (Phi) is 7.53. The number of nitrogen functional groups attached to an aromatic ring is 1. The second-order valence-corrected chi connectivity index (χ2v) is 8.32. The molecule has 2 aromatic carbocycles. The van der Waals surface area contributed by atoms with Crippen molar-refractivity contribution < 1.29 is 19.1 Å². The van der Waals surface area contributed by atoms with Crippen molar-refractivity contribution in [2.75, 3.05) is 11.1 Å². The van der Waals surface area contributed by atoms with Gasteiger partial charge in [-0.25, -0.2) is 24.1 Å². The van der Waals surface area contributed by atoms with Gasteiger partial charge in [0.2, 0.25) is 0 Å². The van der Waals surface area contributed by atoms with Gasteiger partial charge < -0.3 is 21.5 Å². The second-order valence-electron chi connectivity index (χ2n) is 8.32. The number of rotatable bonds is 8. The SMILES string of the molecule is CC(NC(=O)c1cc(C#N)cnc1NCc1ccc(-c2cnc(N)c(C(=O)O)n2)cc1)c1ccc(F)cc1. The van der Waals surface area contributed by atoms with Crippen LogP contribution in [0.2, 0.25) is 0 Å². The van der Waals surface area contributed by atoms with E-state index < -0.39 is 17.9 Å². The zero-order valence-electron chi connectivity index (χ0n) is 20.1. The number of carbonyl (C=O) groups excluding carboxylic acids is 1. The van der Waals surface area contributed by atoms with Gasteiger partial charge in [0.05, 0.1) is 29.1 Å². The average Bonchev–Trinajstić information content (AvgIpc) is 2.92. The molecule has 1 atom stereocenters. The van der Waals surface area contributed by atoms with Crippen LogP contribution in [0.3, 0.4) is 0 Å². The Morgan fingerprint density at radius 2 is 1.82 bits per heavy atom. The van der Waals surface area contributed by atoms with Crippen LogP contribution in [0.25, 0.3) is 11.3 Å². The molecular weight excluding hydrogens is 489 g/mol. The zero-order valence-corrected chi connectivity index (χ0v) is 20.1. The van der Waals surface area contributed by atoms with Crippen molar-refractivity contribution in [2.24, 2.45) is 0 Å². The van der Waals surface area contributed by atoms with E-state index in [1.165, 1.54) is 30.6 Å². The van der Waals surface area contributed by atoms with E-state index in [1.807, 2.05) is 6.07 Å². The molecule has 1 unspecified atom stereocenters. The maximum Gasteiger partial charge on any atom is 0.358 e. The van der Waals surface area contributed by atoms with E-state index >= 15 is 0 Å². The summed E-state index contributed by atoms with van der Waals surface area (Å²) < 4.78 is 13.2. The third kappa shape index (κ3) is 5.88. The minimum absolute atomic E-state index is 0.163. The minimum atomic E-state index is -1.26. The van der Waals surface area contributed by atoms with Crippen LogP contribution in [0.1, 0.15) is 50.5 Å². The molecule has 11 heteroatoms. The Hall–Kier alpha value is -5.37. The number of hydrogen-bond donors (Lipinski definition) is 4. The van der Waals surface area contributed by atoms with Gasteiger partial charge in [-0.05, 0) is 36.2 Å². The van der Waals surface area contributed by atoms with Gasteiger partial charge in [-0.2, -0.15) is 5.26 Å². The fourth-order valence-corrected chi connectivity index (χ4v) is 3.62. The molecule has 38 heavy (non-hydrogen) atoms. The minimum Gasteiger partial charge on any atom is -0.476 e. The first-order valence-corrected chi connectivity index (χ1v) is 11.4. The van der Waals surface area contributed by atoms with E-state index in [1.54, 1.807) is 43.3 Å². The van der Waals surface area contributed by atoms with Crippen LogP contribution in [0.4, 0.5) is 16.0 Å². The first-order chi connectivity index (χ1) is 18.2. The molecule has 0 aliphatic heterocycles. The summed E-state index contributed by atoms with van der Waals surface area (Å²) in [6, 6.07) is 16.0. The van der Waals surface area contributed by atoms with E-state index in [0.717, 1.165) is 11.1 Å². The number of carboxylic acid groups (broad SMARTS) is 1. The van der Waals surface area contributed by atoms with Crippen molar-refractivity contribution in [3.63, 3.8) is 0 Å². The molecule has 0 radical (unpaired) electrons. The third-order valence-corrected chi connectivity index (χ3v) is 5.69. The average molecular weight is 512 g/mol. The molecule has 4 aromatic rings. The van der Waals surface area contributed by atoms with Gasteiger partial charge in [0, 0.05) is 18.3 Å². The Morgan fingerprint density at radius 3 is 2.47 bits per heavy atom. The number of carbonyl (C=O) groups is 2. The topological polar surface area (TPSA) is 167 Å². The Labute approximate surface area is 217 Å². The van der Waals surface area contributed by atoms with E-state index in [2.05, 4.69) is 25.6 Å². The summed E-state index contributed by atoms with van der Waals surface area (Å²) in [7, 11) is 0. The van der Waals surface area contributed by atoms with Crippen LogP contribution in [0.5, 0.6) is 0 Å². The van der Waals surface area contributed by atoms with Crippen molar-refractivity contribution >= 4 is 23.5 Å². The molecule has 2 aromatic heterocycles. The molecule has 0 fully saturated rings. The highest BCUT2D eigenvalue weighted by Gasteiger charge is 2.18. The normalized spacial score (nSPS) is 11.3. The summed E-state index contributed by atoms with van der Waals surface area (Å²) in [5.41, 5.74) is 8.24. The fraction of sp³-hybridized carbons (Fsp3) is 0.111. The number of hydrogen-bond acceptors (Lipinski definition) is 8. The van der Waals surface area contributed by atoms with Gasteiger partial charge in [0.1, 0.15) is 17.7 Å². The molecule has 0 saturated carbocycles. The maximum absolute atomic E-state index is 13.2. The number of nitriles is 1. The lowest BCUT2D eigenvalue weighted by Gasteiger charge is -2.16. The Morgan fingerprint density at radius 1 is 1.11 bits per heavy atom. The van der Waals surface area contributed by atoms with E-state index in [0.29, 0.717) is 17.8 Å². The number of benzene rings is 2. The van der Waals surface area contributed by atoms with Crippen LogP contribution in [0.15, 0.2) is 67.0 Å². The smallest absolute Gasteiger partial charge is 0.358 e. The summed E-state index contributed by atoms with van der Waals surface area (Å²) in [5, 5.41) is 24.5. The molecule has 190 valence electrons. The van der Waals surface area contributed by atoms with E-state index in [-0.39, 0.29) is 34.3 Å². The fourth-order valence-electron chi connectivity index (χ4n) is 3.62. The highest BCUT2D eigenvalue weighted by Crippen LogP contribution is 2.21. The van der Waals surface area contributed by atoms with Crippen molar-refractivity contribution in [3.05, 3.63) is 101 Å². The molecule has 4 rings (SSSR count). The van der Waals surface area contributed by atoms with Crippen molar-refractivity contribution in [1.82, 2.24) is 20.3 Å². The summed E-state index contributed by atoms with van der Waals surface area (Å²) in [6.07, 6.45) is 2.76. The lowest BCUT2D eigenvalue weighted by Crippen LogP contribution is -2.28. The third-order valence-electron chi connectivity index (χ3n) is 5.69. The molecule has 2 heterocycles. The first-order valence-electron chi connectivity index (χ1n) is 11.4. The van der Waals surface area contributed by atoms with Gasteiger partial charge in [-0.1, -0.05) is 36.4 Å². The van der Waals surface area contributed by atoms with E-state index in [4.69, 9.17) is 5.73 Å². The molecular formula is C27H22FN7O3. The van der Waals surface area contributed by atoms with E-state index in [9.17, 15) is 24.3 Å². The lowest BCUT2D eigenvalue weighted by molar-refractivity contribution is 0.0691. The second kappa shape index (κ2) is 11.1. The van der Waals surface area contributed by atoms with Crippen molar-refractivity contribution in [1.29, 1.82) is 5.26 Å². The number of anilines is 2. The van der Waals surface area contributed by atoms with Crippen LogP contribution in [-0.4, -0.2) is 31.9 Å². The number of nitrogens with zero attached hydrogens (tertiary/aromatic N) is 4. The van der Waals surface area contributed by atoms with Crippen LogP contribution < -0.4 is 16.4 Å². The zero-order chi connectivity index (χ0) is 27.2. The Balaban J connectivity index is 1.49. The predicted molar refractivity (Wildman–Crippen MR) is 137 cm³/mol. The number of carboxylic acids is 1. The Bertz CT molecular complexity index is 1530. The number of aromatic carboxylic acids is 1. The quantitative estimate of drug-likeness (QED) is 0.274. The molecule has 0 aliphatic carbocycles. The largest absolute Gasteiger partial charge is 0.476 e. The molecule has 0 saturated heterocycles. The molecule has 1 amide bonds. The number of amides is 1. The predicted octanol–water partition coefficient (Wildman–Crippen LogP) is 3.93. The maximum atomic E-state index is 13.2. The van der Waals surface area contributed by atoms with Crippen LogP contribution >= 0.6 is 0 Å². The number of nitrogens with two attached hydrogens (primary N) is 1. The van der Waals surface area contributed by atoms with Gasteiger partial charge >= 0.3 is 5.97 Å². The van der Waals surface area contributed by atoms with Crippen LogP contribution in [-0.2, 0) is 6.54 Å². The number of pyridine rings is 1. The van der Waals surface area contributed by atoms with Crippen LogP contribution in [0, 0.1) is 17.1 Å². The van der Waals surface area contributed by atoms with Crippen molar-refractivity contribution in [3.8, 4) is 17.3 Å². The highest BCUT2D eigenvalue weighted by molar-refractivity contribution is 5.99. The number of nitrogens with one attached hydrogen (secondary N) is 2. The lowest BCUT2D eigenvalue weighted by atomic mass is 10.1. The van der Waals surface area contributed by atoms with Gasteiger partial charge in [-0.3, -0.25) is 4.79 Å².